The highest BCUT2D eigenvalue weighted by Crippen LogP contribution is 2.42. The zero-order chi connectivity index (χ0) is 13.7. The number of benzene rings is 1. The van der Waals surface area contributed by atoms with Gasteiger partial charge in [0.15, 0.2) is 0 Å². The van der Waals surface area contributed by atoms with E-state index in [1.807, 2.05) is 0 Å². The van der Waals surface area contributed by atoms with Crippen molar-refractivity contribution in [1.82, 2.24) is 9.88 Å². The van der Waals surface area contributed by atoms with Crippen LogP contribution in [0.3, 0.4) is 0 Å². The van der Waals surface area contributed by atoms with Crippen molar-refractivity contribution in [3.63, 3.8) is 0 Å². The molecule has 3 heterocycles. The van der Waals surface area contributed by atoms with Crippen LogP contribution in [0.25, 0.3) is 10.9 Å². The number of H-pyrrole nitrogens is 1. The fourth-order valence-electron chi connectivity index (χ4n) is 3.84. The average molecular weight is 286 g/mol. The lowest BCUT2D eigenvalue weighted by Gasteiger charge is -2.46. The number of para-hydroxylation sites is 1. The Bertz CT molecular complexity index is 678. The molecule has 104 valence electrons. The minimum absolute atomic E-state index is 0.138. The molecule has 2 aromatic rings. The number of nitrogens with zero attached hydrogens (tertiary/aromatic N) is 1. The minimum Gasteiger partial charge on any atom is -0.394 e. The molecule has 0 radical (unpaired) electrons. The van der Waals surface area contributed by atoms with Gasteiger partial charge in [-0.1, -0.05) is 30.4 Å². The summed E-state index contributed by atoms with van der Waals surface area (Å²) in [6.07, 6.45) is 4.13. The predicted molar refractivity (Wildman–Crippen MR) is 83.9 cm³/mol. The molecule has 0 saturated carbocycles. The summed E-state index contributed by atoms with van der Waals surface area (Å²) in [7, 11) is 0. The number of aliphatic hydroxyl groups is 1. The largest absolute Gasteiger partial charge is 0.394 e. The first kappa shape index (κ1) is 12.4. The Morgan fingerprint density at radius 2 is 2.20 bits per heavy atom. The summed E-state index contributed by atoms with van der Waals surface area (Å²) in [6, 6.07) is 8.92. The summed E-state index contributed by atoms with van der Waals surface area (Å²) in [4.78, 5) is 6.90. The number of piperidine rings is 1. The van der Waals surface area contributed by atoms with E-state index in [1.54, 1.807) is 0 Å². The zero-order valence-electron chi connectivity index (χ0n) is 11.3. The van der Waals surface area contributed by atoms with Crippen LogP contribution in [0.5, 0.6) is 0 Å². The Morgan fingerprint density at radius 1 is 1.35 bits per heavy atom. The molecular formula is C16H18N2OS. The van der Waals surface area contributed by atoms with Gasteiger partial charge in [-0.05, 0) is 37.3 Å². The molecule has 2 N–H and O–H groups in total. The molecule has 2 aliphatic rings. The lowest BCUT2D eigenvalue weighted by atomic mass is 9.87. The third kappa shape index (κ3) is 1.64. The summed E-state index contributed by atoms with van der Waals surface area (Å²) < 4.78 is 0. The van der Waals surface area contributed by atoms with Gasteiger partial charge in [-0.2, -0.15) is 0 Å². The van der Waals surface area contributed by atoms with Crippen LogP contribution < -0.4 is 0 Å². The smallest absolute Gasteiger partial charge is 0.0788 e. The fourth-order valence-corrected chi connectivity index (χ4v) is 4.26. The van der Waals surface area contributed by atoms with Crippen LogP contribution in [-0.4, -0.2) is 32.6 Å². The standard InChI is InChI=1S/C16H18N2OS/c19-9-10-8-12-11-4-1-2-5-13(11)17-16(12)14-6-3-7-15(20)18(10)14/h1-2,4-5,10,14,17,19H,3,6-9H2/t10-,14+/m0/s1. The van der Waals surface area contributed by atoms with Crippen molar-refractivity contribution >= 4 is 28.1 Å². The third-order valence-corrected chi connectivity index (χ3v) is 5.13. The Kier molecular flexibility index (Phi) is 2.82. The van der Waals surface area contributed by atoms with Crippen molar-refractivity contribution in [2.45, 2.75) is 37.8 Å². The van der Waals surface area contributed by atoms with Gasteiger partial charge in [0.2, 0.25) is 0 Å². The van der Waals surface area contributed by atoms with Gasteiger partial charge in [-0.3, -0.25) is 0 Å². The number of fused-ring (bicyclic) bond motifs is 5. The topological polar surface area (TPSA) is 39.3 Å². The second-order valence-corrected chi connectivity index (χ2v) is 6.28. The highest BCUT2D eigenvalue weighted by molar-refractivity contribution is 7.80. The van der Waals surface area contributed by atoms with E-state index in [1.165, 1.54) is 22.2 Å². The number of thiocarbonyl (C=S) groups is 1. The predicted octanol–water partition coefficient (Wildman–Crippen LogP) is 2.94. The molecule has 1 aromatic carbocycles. The molecule has 0 amide bonds. The van der Waals surface area contributed by atoms with Crippen LogP contribution in [0.4, 0.5) is 0 Å². The molecule has 0 spiro atoms. The second kappa shape index (κ2) is 4.57. The first-order valence-electron chi connectivity index (χ1n) is 7.31. The van der Waals surface area contributed by atoms with E-state index in [2.05, 4.69) is 34.1 Å². The van der Waals surface area contributed by atoms with E-state index in [4.69, 9.17) is 12.2 Å². The maximum Gasteiger partial charge on any atom is 0.0788 e. The molecule has 1 fully saturated rings. The van der Waals surface area contributed by atoms with Gasteiger partial charge >= 0.3 is 0 Å². The van der Waals surface area contributed by atoms with Crippen LogP contribution >= 0.6 is 12.2 Å². The number of aromatic nitrogens is 1. The van der Waals surface area contributed by atoms with Gasteiger partial charge in [0.25, 0.3) is 0 Å². The van der Waals surface area contributed by atoms with Crippen molar-refractivity contribution in [3.8, 4) is 0 Å². The molecule has 2 aliphatic heterocycles. The van der Waals surface area contributed by atoms with Crippen LogP contribution in [0, 0.1) is 0 Å². The first-order valence-corrected chi connectivity index (χ1v) is 7.72. The number of aliphatic hydroxyl groups excluding tert-OH is 1. The maximum atomic E-state index is 9.77. The zero-order valence-corrected chi connectivity index (χ0v) is 12.1. The Balaban J connectivity index is 1.90. The van der Waals surface area contributed by atoms with Crippen molar-refractivity contribution in [2.24, 2.45) is 0 Å². The van der Waals surface area contributed by atoms with Crippen LogP contribution in [0.1, 0.15) is 36.6 Å². The molecule has 4 rings (SSSR count). The van der Waals surface area contributed by atoms with Gasteiger partial charge in [-0.15, -0.1) is 0 Å². The fraction of sp³-hybridized carbons (Fsp3) is 0.438. The van der Waals surface area contributed by atoms with Gasteiger partial charge in [0.1, 0.15) is 0 Å². The Labute approximate surface area is 123 Å². The summed E-state index contributed by atoms with van der Waals surface area (Å²) >= 11 is 5.56. The Morgan fingerprint density at radius 3 is 3.05 bits per heavy atom. The second-order valence-electron chi connectivity index (χ2n) is 5.81. The van der Waals surface area contributed by atoms with E-state index >= 15 is 0 Å². The third-order valence-electron chi connectivity index (χ3n) is 4.72. The first-order chi connectivity index (χ1) is 9.79. The van der Waals surface area contributed by atoms with Crippen molar-refractivity contribution < 1.29 is 5.11 Å². The SMILES string of the molecule is OC[C@@H]1Cc2c([nH]c3ccccc23)[C@H]2CCCC(=S)N12. The van der Waals surface area contributed by atoms with E-state index in [9.17, 15) is 5.11 Å². The van der Waals surface area contributed by atoms with Crippen molar-refractivity contribution in [3.05, 3.63) is 35.5 Å². The van der Waals surface area contributed by atoms with Gasteiger partial charge in [0, 0.05) is 16.6 Å². The average Bonchev–Trinajstić information content (AvgIpc) is 2.85. The molecule has 4 heteroatoms. The monoisotopic (exact) mass is 286 g/mol. The number of hydrogen-bond acceptors (Lipinski definition) is 2. The summed E-state index contributed by atoms with van der Waals surface area (Å²) in [6.45, 7) is 0.176. The van der Waals surface area contributed by atoms with E-state index in [-0.39, 0.29) is 12.6 Å². The molecular weight excluding hydrogens is 268 g/mol. The molecule has 2 atom stereocenters. The molecule has 0 bridgehead atoms. The molecule has 0 aliphatic carbocycles. The summed E-state index contributed by atoms with van der Waals surface area (Å²) in [5.41, 5.74) is 3.90. The lowest BCUT2D eigenvalue weighted by molar-refractivity contribution is 0.120. The number of rotatable bonds is 1. The maximum absolute atomic E-state index is 9.77. The molecule has 20 heavy (non-hydrogen) atoms. The molecule has 1 saturated heterocycles. The van der Waals surface area contributed by atoms with Crippen LogP contribution in [0.15, 0.2) is 24.3 Å². The van der Waals surface area contributed by atoms with Gasteiger partial charge < -0.3 is 15.0 Å². The van der Waals surface area contributed by atoms with E-state index in [0.717, 1.165) is 30.7 Å². The van der Waals surface area contributed by atoms with Crippen molar-refractivity contribution in [2.75, 3.05) is 6.61 Å². The lowest BCUT2D eigenvalue weighted by Crippen LogP contribution is -2.50. The summed E-state index contributed by atoms with van der Waals surface area (Å²) in [5.74, 6) is 0. The molecule has 1 aromatic heterocycles. The molecule has 0 unspecified atom stereocenters. The van der Waals surface area contributed by atoms with E-state index in [0.29, 0.717) is 6.04 Å². The summed E-state index contributed by atoms with van der Waals surface area (Å²) in [5, 5.41) is 11.1. The van der Waals surface area contributed by atoms with Crippen LogP contribution in [-0.2, 0) is 6.42 Å². The highest BCUT2D eigenvalue weighted by Gasteiger charge is 2.39. The quantitative estimate of drug-likeness (QED) is 0.792. The Hall–Kier alpha value is -1.39. The number of hydrogen-bond donors (Lipinski definition) is 2. The van der Waals surface area contributed by atoms with Gasteiger partial charge in [-0.25, -0.2) is 0 Å². The number of aromatic amines is 1. The molecule has 3 nitrogen and oxygen atoms in total. The van der Waals surface area contributed by atoms with Crippen molar-refractivity contribution in [1.29, 1.82) is 0 Å². The van der Waals surface area contributed by atoms with Gasteiger partial charge in [0.05, 0.1) is 23.7 Å². The van der Waals surface area contributed by atoms with E-state index < -0.39 is 0 Å². The highest BCUT2D eigenvalue weighted by atomic mass is 32.1. The normalized spacial score (nSPS) is 25.6. The van der Waals surface area contributed by atoms with Crippen LogP contribution in [0.2, 0.25) is 0 Å². The minimum atomic E-state index is 0.138. The number of nitrogens with one attached hydrogen (secondary N) is 1.